The Morgan fingerprint density at radius 3 is 2.84 bits per heavy atom. The van der Waals surface area contributed by atoms with Crippen molar-refractivity contribution in [2.24, 2.45) is 5.92 Å². The molecule has 0 unspecified atom stereocenters. The molecule has 5 heteroatoms. The summed E-state index contributed by atoms with van der Waals surface area (Å²) in [5.41, 5.74) is 6.96. The van der Waals surface area contributed by atoms with E-state index >= 15 is 0 Å². The zero-order valence-corrected chi connectivity index (χ0v) is 11.2. The molecule has 2 rings (SSSR count). The normalized spacial score (nSPS) is 16.3. The van der Waals surface area contributed by atoms with E-state index in [9.17, 15) is 4.39 Å². The van der Waals surface area contributed by atoms with Crippen LogP contribution in [0.3, 0.4) is 0 Å². The van der Waals surface area contributed by atoms with Crippen molar-refractivity contribution >= 4 is 11.4 Å². The first-order valence-corrected chi connectivity index (χ1v) is 6.74. The quantitative estimate of drug-likeness (QED) is 0.806. The lowest BCUT2D eigenvalue weighted by molar-refractivity contribution is 0.0699. The Morgan fingerprint density at radius 1 is 1.42 bits per heavy atom. The van der Waals surface area contributed by atoms with Crippen molar-refractivity contribution in [3.05, 3.63) is 17.9 Å². The minimum Gasteiger partial charge on any atom is -0.491 e. The number of ether oxygens (including phenoxy) is 2. The second-order valence-corrected chi connectivity index (χ2v) is 4.74. The van der Waals surface area contributed by atoms with Gasteiger partial charge < -0.3 is 20.5 Å². The minimum atomic E-state index is -0.420. The molecule has 1 aromatic carbocycles. The van der Waals surface area contributed by atoms with Crippen LogP contribution in [0.25, 0.3) is 0 Å². The summed E-state index contributed by atoms with van der Waals surface area (Å²) in [6.45, 7) is 4.71. The van der Waals surface area contributed by atoms with Gasteiger partial charge in [0.25, 0.3) is 0 Å². The lowest BCUT2D eigenvalue weighted by Crippen LogP contribution is -2.23. The summed E-state index contributed by atoms with van der Waals surface area (Å²) in [5, 5.41) is 3.28. The Kier molecular flexibility index (Phi) is 4.85. The standard InChI is InChI=1S/C14H21FN2O2/c1-2-19-14-8-13(12(16)7-11(14)15)17-9-10-3-5-18-6-4-10/h7-8,10,17H,2-6,9,16H2,1H3. The highest BCUT2D eigenvalue weighted by Gasteiger charge is 2.15. The van der Waals surface area contributed by atoms with Gasteiger partial charge in [0.1, 0.15) is 0 Å². The SMILES string of the molecule is CCOc1cc(NCC2CCOCC2)c(N)cc1F. The van der Waals surface area contributed by atoms with E-state index < -0.39 is 5.82 Å². The molecule has 19 heavy (non-hydrogen) atoms. The highest BCUT2D eigenvalue weighted by molar-refractivity contribution is 5.68. The van der Waals surface area contributed by atoms with Crippen molar-refractivity contribution < 1.29 is 13.9 Å². The van der Waals surface area contributed by atoms with Gasteiger partial charge in [0, 0.05) is 31.9 Å². The molecule has 1 aromatic rings. The third kappa shape index (κ3) is 3.73. The molecule has 0 aliphatic carbocycles. The van der Waals surface area contributed by atoms with Gasteiger partial charge in [-0.1, -0.05) is 0 Å². The van der Waals surface area contributed by atoms with E-state index in [0.29, 0.717) is 18.2 Å². The summed E-state index contributed by atoms with van der Waals surface area (Å²) in [6.07, 6.45) is 2.10. The van der Waals surface area contributed by atoms with Crippen LogP contribution < -0.4 is 15.8 Å². The fraction of sp³-hybridized carbons (Fsp3) is 0.571. The maximum atomic E-state index is 13.6. The largest absolute Gasteiger partial charge is 0.491 e. The summed E-state index contributed by atoms with van der Waals surface area (Å²) < 4.78 is 24.1. The number of benzene rings is 1. The van der Waals surface area contributed by atoms with Crippen LogP contribution in [0.5, 0.6) is 5.75 Å². The van der Waals surface area contributed by atoms with Crippen molar-refractivity contribution in [3.8, 4) is 5.75 Å². The minimum absolute atomic E-state index is 0.242. The number of nitrogen functional groups attached to an aromatic ring is 1. The van der Waals surface area contributed by atoms with Crippen LogP contribution in [0, 0.1) is 11.7 Å². The number of anilines is 2. The molecule has 1 fully saturated rings. The first kappa shape index (κ1) is 13.9. The highest BCUT2D eigenvalue weighted by atomic mass is 19.1. The summed E-state index contributed by atoms with van der Waals surface area (Å²) in [4.78, 5) is 0. The first-order valence-electron chi connectivity index (χ1n) is 6.74. The molecule has 0 atom stereocenters. The molecule has 1 aliphatic heterocycles. The molecule has 3 N–H and O–H groups in total. The van der Waals surface area contributed by atoms with Crippen LogP contribution in [0.15, 0.2) is 12.1 Å². The Bertz CT molecular complexity index is 420. The van der Waals surface area contributed by atoms with Gasteiger partial charge >= 0.3 is 0 Å². The van der Waals surface area contributed by atoms with Crippen molar-refractivity contribution in [1.29, 1.82) is 0 Å². The Morgan fingerprint density at radius 2 is 2.16 bits per heavy atom. The molecule has 106 valence electrons. The van der Waals surface area contributed by atoms with E-state index in [2.05, 4.69) is 5.32 Å². The van der Waals surface area contributed by atoms with Crippen LogP contribution in [0.2, 0.25) is 0 Å². The molecule has 0 saturated carbocycles. The molecule has 0 spiro atoms. The zero-order valence-electron chi connectivity index (χ0n) is 11.2. The number of hydrogen-bond acceptors (Lipinski definition) is 4. The maximum Gasteiger partial charge on any atom is 0.167 e. The summed E-state index contributed by atoms with van der Waals surface area (Å²) in [7, 11) is 0. The number of nitrogens with two attached hydrogens (primary N) is 1. The smallest absolute Gasteiger partial charge is 0.167 e. The zero-order chi connectivity index (χ0) is 13.7. The summed E-state index contributed by atoms with van der Waals surface area (Å²) in [5.74, 6) is 0.399. The molecule has 0 radical (unpaired) electrons. The second-order valence-electron chi connectivity index (χ2n) is 4.74. The number of hydrogen-bond donors (Lipinski definition) is 2. The average molecular weight is 268 g/mol. The van der Waals surface area contributed by atoms with E-state index in [1.807, 2.05) is 6.92 Å². The second kappa shape index (κ2) is 6.61. The van der Waals surface area contributed by atoms with Crippen LogP contribution in [-0.2, 0) is 4.74 Å². The molecule has 0 bridgehead atoms. The monoisotopic (exact) mass is 268 g/mol. The van der Waals surface area contributed by atoms with Gasteiger partial charge in [0.05, 0.1) is 18.0 Å². The average Bonchev–Trinajstić information content (AvgIpc) is 2.42. The van der Waals surface area contributed by atoms with Gasteiger partial charge in [0.15, 0.2) is 11.6 Å². The van der Waals surface area contributed by atoms with Crippen molar-refractivity contribution in [3.63, 3.8) is 0 Å². The predicted octanol–water partition coefficient (Wildman–Crippen LogP) is 2.65. The van der Waals surface area contributed by atoms with E-state index in [1.165, 1.54) is 6.07 Å². The fourth-order valence-electron chi connectivity index (χ4n) is 2.19. The predicted molar refractivity (Wildman–Crippen MR) is 74.0 cm³/mol. The molecular formula is C14H21FN2O2. The van der Waals surface area contributed by atoms with Crippen LogP contribution in [-0.4, -0.2) is 26.4 Å². The van der Waals surface area contributed by atoms with Gasteiger partial charge in [0.2, 0.25) is 0 Å². The Balaban J connectivity index is 2.00. The molecule has 1 saturated heterocycles. The van der Waals surface area contributed by atoms with Gasteiger partial charge in [-0.2, -0.15) is 0 Å². The van der Waals surface area contributed by atoms with Gasteiger partial charge in [-0.15, -0.1) is 0 Å². The number of rotatable bonds is 5. The Hall–Kier alpha value is -1.49. The molecule has 1 heterocycles. The maximum absolute atomic E-state index is 13.6. The van der Waals surface area contributed by atoms with Crippen LogP contribution in [0.4, 0.5) is 15.8 Å². The summed E-state index contributed by atoms with van der Waals surface area (Å²) in [6, 6.07) is 2.94. The van der Waals surface area contributed by atoms with Gasteiger partial charge in [-0.25, -0.2) is 4.39 Å². The van der Waals surface area contributed by atoms with Crippen molar-refractivity contribution in [1.82, 2.24) is 0 Å². The third-order valence-electron chi connectivity index (χ3n) is 3.33. The molecular weight excluding hydrogens is 247 g/mol. The van der Waals surface area contributed by atoms with Crippen molar-refractivity contribution in [2.75, 3.05) is 37.4 Å². The van der Waals surface area contributed by atoms with E-state index in [0.717, 1.165) is 38.3 Å². The first-order chi connectivity index (χ1) is 9.20. The van der Waals surface area contributed by atoms with E-state index in [-0.39, 0.29) is 5.75 Å². The van der Waals surface area contributed by atoms with Gasteiger partial charge in [-0.05, 0) is 25.7 Å². The highest BCUT2D eigenvalue weighted by Crippen LogP contribution is 2.29. The number of halogens is 1. The third-order valence-corrected chi connectivity index (χ3v) is 3.33. The molecule has 1 aliphatic rings. The van der Waals surface area contributed by atoms with Crippen molar-refractivity contribution in [2.45, 2.75) is 19.8 Å². The van der Waals surface area contributed by atoms with Gasteiger partial charge in [-0.3, -0.25) is 0 Å². The molecule has 0 amide bonds. The summed E-state index contributed by atoms with van der Waals surface area (Å²) >= 11 is 0. The van der Waals surface area contributed by atoms with Crippen LogP contribution in [0.1, 0.15) is 19.8 Å². The lowest BCUT2D eigenvalue weighted by Gasteiger charge is -2.23. The van der Waals surface area contributed by atoms with E-state index in [1.54, 1.807) is 6.07 Å². The Labute approximate surface area is 113 Å². The molecule has 4 nitrogen and oxygen atoms in total. The fourth-order valence-corrected chi connectivity index (χ4v) is 2.19. The lowest BCUT2D eigenvalue weighted by atomic mass is 10.0. The topological polar surface area (TPSA) is 56.5 Å². The number of nitrogens with one attached hydrogen (secondary N) is 1. The van der Waals surface area contributed by atoms with Crippen LogP contribution >= 0.6 is 0 Å². The van der Waals surface area contributed by atoms with E-state index in [4.69, 9.17) is 15.2 Å². The molecule has 0 aromatic heterocycles.